The quantitative estimate of drug-likeness (QED) is 0.592. The summed E-state index contributed by atoms with van der Waals surface area (Å²) >= 11 is 6.13. The van der Waals surface area contributed by atoms with E-state index in [4.69, 9.17) is 21.1 Å². The highest BCUT2D eigenvalue weighted by Gasteiger charge is 2.04. The molecule has 96 valence electrons. The first-order chi connectivity index (χ1) is 8.81. The Labute approximate surface area is 112 Å². The molecule has 2 aromatic rings. The minimum atomic E-state index is 0.486. The summed E-state index contributed by atoms with van der Waals surface area (Å²) in [6, 6.07) is 9.94. The van der Waals surface area contributed by atoms with Crippen molar-refractivity contribution in [3.05, 3.63) is 41.0 Å². The number of para-hydroxylation sites is 1. The van der Waals surface area contributed by atoms with Gasteiger partial charge < -0.3 is 9.47 Å². The van der Waals surface area contributed by atoms with E-state index in [1.54, 1.807) is 7.11 Å². The van der Waals surface area contributed by atoms with Gasteiger partial charge in [0.1, 0.15) is 5.15 Å². The summed E-state index contributed by atoms with van der Waals surface area (Å²) in [5.74, 6) is 0. The van der Waals surface area contributed by atoms with Crippen molar-refractivity contribution in [2.45, 2.75) is 13.0 Å². The number of rotatable bonds is 6. The van der Waals surface area contributed by atoms with Gasteiger partial charge in [0.2, 0.25) is 0 Å². The first-order valence-electron chi connectivity index (χ1n) is 5.92. The molecule has 0 unspecified atom stereocenters. The zero-order valence-electron chi connectivity index (χ0n) is 10.4. The average Bonchev–Trinajstić information content (AvgIpc) is 2.39. The predicted octanol–water partition coefficient (Wildman–Crippen LogP) is 3.44. The van der Waals surface area contributed by atoms with Crippen LogP contribution in [0.2, 0.25) is 5.15 Å². The third-order valence-corrected chi connectivity index (χ3v) is 2.97. The van der Waals surface area contributed by atoms with Crippen molar-refractivity contribution in [2.75, 3.05) is 20.3 Å². The Hall–Kier alpha value is -1.16. The maximum Gasteiger partial charge on any atom is 0.135 e. The summed E-state index contributed by atoms with van der Waals surface area (Å²) in [5, 5.41) is 1.60. The molecule has 0 amide bonds. The minimum Gasteiger partial charge on any atom is -0.385 e. The summed E-state index contributed by atoms with van der Waals surface area (Å²) in [4.78, 5) is 4.35. The molecule has 0 saturated heterocycles. The smallest absolute Gasteiger partial charge is 0.135 e. The molecular formula is C14H16ClNO2. The number of methoxy groups -OCH3 is 1. The number of hydrogen-bond acceptors (Lipinski definition) is 3. The first kappa shape index (κ1) is 13.3. The molecule has 3 nitrogen and oxygen atoms in total. The van der Waals surface area contributed by atoms with Gasteiger partial charge in [-0.2, -0.15) is 0 Å². The van der Waals surface area contributed by atoms with Crippen molar-refractivity contribution < 1.29 is 9.47 Å². The number of fused-ring (bicyclic) bond motifs is 1. The maximum atomic E-state index is 6.13. The van der Waals surface area contributed by atoms with Crippen molar-refractivity contribution in [2.24, 2.45) is 0 Å². The Bertz CT molecular complexity index is 516. The first-order valence-corrected chi connectivity index (χ1v) is 6.30. The molecule has 0 spiro atoms. The second kappa shape index (κ2) is 6.69. The van der Waals surface area contributed by atoms with Crippen LogP contribution in [0.3, 0.4) is 0 Å². The van der Waals surface area contributed by atoms with Crippen molar-refractivity contribution in [3.63, 3.8) is 0 Å². The molecule has 1 aromatic carbocycles. The number of benzene rings is 1. The van der Waals surface area contributed by atoms with Crippen molar-refractivity contribution in [1.29, 1.82) is 0 Å². The van der Waals surface area contributed by atoms with E-state index in [0.29, 0.717) is 25.0 Å². The number of hydrogen-bond donors (Lipinski definition) is 0. The number of ether oxygens (including phenoxy) is 2. The minimum absolute atomic E-state index is 0.486. The Kier molecular flexibility index (Phi) is 4.93. The second-order valence-corrected chi connectivity index (χ2v) is 4.39. The molecule has 0 aliphatic rings. The fourth-order valence-electron chi connectivity index (χ4n) is 1.72. The van der Waals surface area contributed by atoms with Crippen LogP contribution in [0, 0.1) is 0 Å². The predicted molar refractivity (Wildman–Crippen MR) is 72.9 cm³/mol. The van der Waals surface area contributed by atoms with E-state index < -0.39 is 0 Å². The Morgan fingerprint density at radius 3 is 2.89 bits per heavy atom. The van der Waals surface area contributed by atoms with E-state index >= 15 is 0 Å². The molecule has 0 aliphatic heterocycles. The molecule has 1 aromatic heterocycles. The van der Waals surface area contributed by atoms with Crippen molar-refractivity contribution >= 4 is 22.5 Å². The molecular weight excluding hydrogens is 250 g/mol. The van der Waals surface area contributed by atoms with Gasteiger partial charge in [0, 0.05) is 31.3 Å². The SMILES string of the molecule is COCCCOCc1cc2ccccc2nc1Cl. The topological polar surface area (TPSA) is 31.4 Å². The van der Waals surface area contributed by atoms with E-state index in [1.807, 2.05) is 30.3 Å². The van der Waals surface area contributed by atoms with Crippen LogP contribution in [0.4, 0.5) is 0 Å². The molecule has 0 saturated carbocycles. The van der Waals surface area contributed by atoms with Gasteiger partial charge in [-0.05, 0) is 18.6 Å². The van der Waals surface area contributed by atoms with Gasteiger partial charge in [-0.3, -0.25) is 0 Å². The van der Waals surface area contributed by atoms with Crippen LogP contribution in [-0.2, 0) is 16.1 Å². The molecule has 0 radical (unpaired) electrons. The lowest BCUT2D eigenvalue weighted by atomic mass is 10.2. The zero-order valence-corrected chi connectivity index (χ0v) is 11.1. The lowest BCUT2D eigenvalue weighted by molar-refractivity contribution is 0.0928. The Morgan fingerprint density at radius 1 is 1.22 bits per heavy atom. The van der Waals surface area contributed by atoms with E-state index in [2.05, 4.69) is 4.98 Å². The van der Waals surface area contributed by atoms with Gasteiger partial charge in [-0.25, -0.2) is 4.98 Å². The van der Waals surface area contributed by atoms with Crippen LogP contribution in [-0.4, -0.2) is 25.3 Å². The van der Waals surface area contributed by atoms with Crippen LogP contribution in [0.15, 0.2) is 30.3 Å². The summed E-state index contributed by atoms with van der Waals surface area (Å²) in [6.07, 6.45) is 0.884. The van der Waals surface area contributed by atoms with Crippen LogP contribution in [0.1, 0.15) is 12.0 Å². The number of nitrogens with zero attached hydrogens (tertiary/aromatic N) is 1. The molecule has 18 heavy (non-hydrogen) atoms. The highest BCUT2D eigenvalue weighted by molar-refractivity contribution is 6.30. The largest absolute Gasteiger partial charge is 0.385 e. The third kappa shape index (κ3) is 3.42. The van der Waals surface area contributed by atoms with E-state index in [1.165, 1.54) is 0 Å². The van der Waals surface area contributed by atoms with Gasteiger partial charge in [0.25, 0.3) is 0 Å². The second-order valence-electron chi connectivity index (χ2n) is 4.03. The van der Waals surface area contributed by atoms with E-state index in [9.17, 15) is 0 Å². The fourth-order valence-corrected chi connectivity index (χ4v) is 1.93. The highest BCUT2D eigenvalue weighted by Crippen LogP contribution is 2.21. The van der Waals surface area contributed by atoms with Gasteiger partial charge in [-0.15, -0.1) is 0 Å². The standard InChI is InChI=1S/C14H16ClNO2/c1-17-7-4-8-18-10-12-9-11-5-2-3-6-13(11)16-14(12)15/h2-3,5-6,9H,4,7-8,10H2,1H3. The zero-order chi connectivity index (χ0) is 12.8. The van der Waals surface area contributed by atoms with Gasteiger partial charge in [-0.1, -0.05) is 29.8 Å². The Balaban J connectivity index is 2.01. The molecule has 4 heteroatoms. The van der Waals surface area contributed by atoms with Crippen LogP contribution in [0.5, 0.6) is 0 Å². The van der Waals surface area contributed by atoms with Crippen LogP contribution in [0.25, 0.3) is 10.9 Å². The highest BCUT2D eigenvalue weighted by atomic mass is 35.5. The lowest BCUT2D eigenvalue weighted by Gasteiger charge is -2.07. The monoisotopic (exact) mass is 265 g/mol. The summed E-state index contributed by atoms with van der Waals surface area (Å²) in [7, 11) is 1.68. The van der Waals surface area contributed by atoms with E-state index in [-0.39, 0.29) is 0 Å². The number of halogens is 1. The van der Waals surface area contributed by atoms with Gasteiger partial charge >= 0.3 is 0 Å². The average molecular weight is 266 g/mol. The molecule has 0 bridgehead atoms. The molecule has 0 N–H and O–H groups in total. The lowest BCUT2D eigenvalue weighted by Crippen LogP contribution is -2.00. The van der Waals surface area contributed by atoms with Crippen LogP contribution >= 0.6 is 11.6 Å². The van der Waals surface area contributed by atoms with E-state index in [0.717, 1.165) is 22.9 Å². The molecule has 0 fully saturated rings. The summed E-state index contributed by atoms with van der Waals surface area (Å²) in [6.45, 7) is 1.86. The van der Waals surface area contributed by atoms with Crippen molar-refractivity contribution in [1.82, 2.24) is 4.98 Å². The van der Waals surface area contributed by atoms with Crippen molar-refractivity contribution in [3.8, 4) is 0 Å². The number of aromatic nitrogens is 1. The molecule has 0 atom stereocenters. The normalized spacial score (nSPS) is 11.0. The van der Waals surface area contributed by atoms with Crippen LogP contribution < -0.4 is 0 Å². The van der Waals surface area contributed by atoms with Gasteiger partial charge in [0.15, 0.2) is 0 Å². The summed E-state index contributed by atoms with van der Waals surface area (Å²) in [5.41, 5.74) is 1.83. The van der Waals surface area contributed by atoms with Gasteiger partial charge in [0.05, 0.1) is 12.1 Å². The molecule has 2 rings (SSSR count). The fraction of sp³-hybridized carbons (Fsp3) is 0.357. The molecule has 1 heterocycles. The third-order valence-electron chi connectivity index (χ3n) is 2.64. The maximum absolute atomic E-state index is 6.13. The number of pyridine rings is 1. The molecule has 0 aliphatic carbocycles. The Morgan fingerprint density at radius 2 is 2.06 bits per heavy atom. The summed E-state index contributed by atoms with van der Waals surface area (Å²) < 4.78 is 10.5.